The smallest absolute Gasteiger partial charge is 0.213 e. The summed E-state index contributed by atoms with van der Waals surface area (Å²) in [5.74, 6) is 1.27. The molecule has 1 aliphatic carbocycles. The highest BCUT2D eigenvalue weighted by molar-refractivity contribution is 5.84. The van der Waals surface area contributed by atoms with Crippen LogP contribution in [-0.4, -0.2) is 29.3 Å². The number of epoxide rings is 1. The van der Waals surface area contributed by atoms with E-state index in [-0.39, 0.29) is 5.60 Å². The van der Waals surface area contributed by atoms with E-state index in [9.17, 15) is 0 Å². The third-order valence-corrected chi connectivity index (χ3v) is 4.84. The number of methoxy groups -OCH3 is 1. The summed E-state index contributed by atoms with van der Waals surface area (Å²) in [5, 5.41) is 0. The summed E-state index contributed by atoms with van der Waals surface area (Å²) in [5.41, 5.74) is 3.17. The number of rotatable bonds is 3. The first kappa shape index (κ1) is 13.7. The van der Waals surface area contributed by atoms with E-state index in [1.807, 2.05) is 24.4 Å². The second-order valence-corrected chi connectivity index (χ2v) is 6.29. The van der Waals surface area contributed by atoms with Crippen LogP contribution in [0.2, 0.25) is 0 Å². The van der Waals surface area contributed by atoms with Crippen molar-refractivity contribution >= 4 is 17.1 Å². The Balaban J connectivity index is 1.56. The van der Waals surface area contributed by atoms with Gasteiger partial charge < -0.3 is 9.47 Å². The number of pyridine rings is 2. The lowest BCUT2D eigenvalue weighted by Crippen LogP contribution is -2.20. The highest BCUT2D eigenvalue weighted by Crippen LogP contribution is 2.44. The van der Waals surface area contributed by atoms with Gasteiger partial charge in [-0.05, 0) is 43.7 Å². The van der Waals surface area contributed by atoms with Crippen LogP contribution in [0.25, 0.3) is 17.1 Å². The minimum Gasteiger partial charge on any atom is -0.481 e. The molecule has 1 spiro atoms. The topological polar surface area (TPSA) is 47.5 Å². The van der Waals surface area contributed by atoms with Crippen molar-refractivity contribution in [2.75, 3.05) is 13.7 Å². The molecule has 0 radical (unpaired) electrons. The van der Waals surface area contributed by atoms with Crippen molar-refractivity contribution in [1.29, 1.82) is 0 Å². The molecular formula is C18H20N2O2. The van der Waals surface area contributed by atoms with Crippen LogP contribution in [0.5, 0.6) is 5.88 Å². The fraction of sp³-hybridized carbons (Fsp3) is 0.444. The van der Waals surface area contributed by atoms with Crippen LogP contribution in [0.4, 0.5) is 0 Å². The Morgan fingerprint density at radius 3 is 2.82 bits per heavy atom. The average Bonchev–Trinajstić information content (AvgIpc) is 3.33. The molecular weight excluding hydrogens is 276 g/mol. The van der Waals surface area contributed by atoms with Crippen molar-refractivity contribution < 1.29 is 9.47 Å². The van der Waals surface area contributed by atoms with Crippen LogP contribution in [0.15, 0.2) is 30.5 Å². The lowest BCUT2D eigenvalue weighted by molar-refractivity contribution is 0.216. The Kier molecular flexibility index (Phi) is 3.34. The molecule has 0 unspecified atom stereocenters. The van der Waals surface area contributed by atoms with Crippen molar-refractivity contribution in [3.63, 3.8) is 0 Å². The zero-order valence-corrected chi connectivity index (χ0v) is 12.8. The highest BCUT2D eigenvalue weighted by atomic mass is 16.6. The first-order valence-corrected chi connectivity index (χ1v) is 7.90. The molecule has 1 saturated heterocycles. The van der Waals surface area contributed by atoms with E-state index in [0.717, 1.165) is 23.2 Å². The number of nitrogens with zero attached hydrogens (tertiary/aromatic N) is 2. The molecule has 2 fully saturated rings. The molecule has 4 rings (SSSR count). The molecule has 0 N–H and O–H groups in total. The number of allylic oxidation sites excluding steroid dienone is 1. The molecule has 0 bridgehead atoms. The second-order valence-electron chi connectivity index (χ2n) is 6.29. The molecule has 0 atom stereocenters. The fourth-order valence-electron chi connectivity index (χ4n) is 3.26. The SMILES string of the molecule is COc1ccc2nccc(C=CC3CCC4(CC3)CO4)c2n1. The molecule has 114 valence electrons. The number of hydrogen-bond donors (Lipinski definition) is 0. The number of aromatic nitrogens is 2. The van der Waals surface area contributed by atoms with E-state index < -0.39 is 0 Å². The minimum absolute atomic E-state index is 0.266. The molecule has 2 aromatic heterocycles. The van der Waals surface area contributed by atoms with Gasteiger partial charge in [0.25, 0.3) is 0 Å². The Morgan fingerprint density at radius 2 is 2.09 bits per heavy atom. The summed E-state index contributed by atoms with van der Waals surface area (Å²) in [7, 11) is 1.64. The van der Waals surface area contributed by atoms with Crippen LogP contribution < -0.4 is 4.74 Å². The molecule has 22 heavy (non-hydrogen) atoms. The third-order valence-electron chi connectivity index (χ3n) is 4.84. The van der Waals surface area contributed by atoms with Crippen molar-refractivity contribution in [3.8, 4) is 5.88 Å². The van der Waals surface area contributed by atoms with E-state index in [1.54, 1.807) is 7.11 Å². The summed E-state index contributed by atoms with van der Waals surface area (Å²) < 4.78 is 10.8. The van der Waals surface area contributed by atoms with Crippen LogP contribution in [0.1, 0.15) is 31.2 Å². The van der Waals surface area contributed by atoms with Gasteiger partial charge in [0.15, 0.2) is 0 Å². The number of ether oxygens (including phenoxy) is 2. The number of hydrogen-bond acceptors (Lipinski definition) is 4. The van der Waals surface area contributed by atoms with Gasteiger partial charge in [0, 0.05) is 17.8 Å². The van der Waals surface area contributed by atoms with Crippen molar-refractivity contribution in [2.24, 2.45) is 5.92 Å². The van der Waals surface area contributed by atoms with Crippen molar-refractivity contribution in [2.45, 2.75) is 31.3 Å². The Morgan fingerprint density at radius 1 is 1.27 bits per heavy atom. The maximum atomic E-state index is 5.57. The largest absolute Gasteiger partial charge is 0.481 e. The lowest BCUT2D eigenvalue weighted by atomic mass is 9.82. The van der Waals surface area contributed by atoms with Gasteiger partial charge in [-0.15, -0.1) is 0 Å². The van der Waals surface area contributed by atoms with Crippen LogP contribution in [-0.2, 0) is 4.74 Å². The molecule has 4 nitrogen and oxygen atoms in total. The molecule has 0 amide bonds. The predicted molar refractivity (Wildman–Crippen MR) is 85.8 cm³/mol. The lowest BCUT2D eigenvalue weighted by Gasteiger charge is -2.23. The monoisotopic (exact) mass is 296 g/mol. The highest BCUT2D eigenvalue weighted by Gasteiger charge is 2.46. The van der Waals surface area contributed by atoms with Gasteiger partial charge in [-0.3, -0.25) is 4.98 Å². The zero-order chi connectivity index (χ0) is 15.0. The molecule has 1 aliphatic heterocycles. The summed E-state index contributed by atoms with van der Waals surface area (Å²) in [4.78, 5) is 8.91. The van der Waals surface area contributed by atoms with E-state index in [2.05, 4.69) is 22.1 Å². The quantitative estimate of drug-likeness (QED) is 0.812. The maximum absolute atomic E-state index is 5.57. The van der Waals surface area contributed by atoms with Gasteiger partial charge in [0.1, 0.15) is 0 Å². The predicted octanol–water partition coefficient (Wildman–Crippen LogP) is 3.61. The molecule has 3 heterocycles. The van der Waals surface area contributed by atoms with Gasteiger partial charge in [-0.1, -0.05) is 12.2 Å². The van der Waals surface area contributed by atoms with Crippen molar-refractivity contribution in [1.82, 2.24) is 9.97 Å². The Hall–Kier alpha value is -1.94. The first-order chi connectivity index (χ1) is 10.8. The normalized spacial score (nSPS) is 27.6. The zero-order valence-electron chi connectivity index (χ0n) is 12.8. The molecule has 4 heteroatoms. The fourth-order valence-corrected chi connectivity index (χ4v) is 3.26. The summed E-state index contributed by atoms with van der Waals surface area (Å²) in [6, 6.07) is 5.81. The molecule has 2 aromatic rings. The number of fused-ring (bicyclic) bond motifs is 1. The molecule has 2 aliphatic rings. The van der Waals surface area contributed by atoms with E-state index >= 15 is 0 Å². The second kappa shape index (κ2) is 5.36. The van der Waals surface area contributed by atoms with Crippen LogP contribution in [0.3, 0.4) is 0 Å². The van der Waals surface area contributed by atoms with E-state index in [4.69, 9.17) is 9.47 Å². The van der Waals surface area contributed by atoms with Gasteiger partial charge in [0.05, 0.1) is 30.4 Å². The first-order valence-electron chi connectivity index (χ1n) is 7.90. The molecule has 0 aromatic carbocycles. The van der Waals surface area contributed by atoms with E-state index in [1.165, 1.54) is 25.7 Å². The van der Waals surface area contributed by atoms with Crippen LogP contribution in [0, 0.1) is 5.92 Å². The third kappa shape index (κ3) is 2.59. The van der Waals surface area contributed by atoms with Crippen molar-refractivity contribution in [3.05, 3.63) is 36.0 Å². The summed E-state index contributed by atoms with van der Waals surface area (Å²) >= 11 is 0. The minimum atomic E-state index is 0.266. The standard InChI is InChI=1S/C18H20N2O2/c1-21-16-5-4-15-17(20-16)14(8-11-19-15)3-2-13-6-9-18(10-7-13)12-22-18/h2-5,8,11,13H,6-7,9-10,12H2,1H3. The van der Waals surface area contributed by atoms with Gasteiger partial charge in [-0.25, -0.2) is 4.98 Å². The van der Waals surface area contributed by atoms with Gasteiger partial charge in [0.2, 0.25) is 5.88 Å². The summed E-state index contributed by atoms with van der Waals surface area (Å²) in [6.07, 6.45) is 11.2. The average molecular weight is 296 g/mol. The van der Waals surface area contributed by atoms with Gasteiger partial charge >= 0.3 is 0 Å². The Labute approximate surface area is 130 Å². The Bertz CT molecular complexity index is 712. The van der Waals surface area contributed by atoms with E-state index in [0.29, 0.717) is 11.8 Å². The summed E-state index contributed by atoms with van der Waals surface area (Å²) in [6.45, 7) is 0.974. The van der Waals surface area contributed by atoms with Gasteiger partial charge in [-0.2, -0.15) is 0 Å². The molecule has 1 saturated carbocycles. The maximum Gasteiger partial charge on any atom is 0.213 e. The van der Waals surface area contributed by atoms with Crippen LogP contribution >= 0.6 is 0 Å².